The summed E-state index contributed by atoms with van der Waals surface area (Å²) in [4.78, 5) is 0. The van der Waals surface area contributed by atoms with Gasteiger partial charge in [0.15, 0.2) is 0 Å². The summed E-state index contributed by atoms with van der Waals surface area (Å²) in [5.74, 6) is 0. The molecule has 0 N–H and O–H groups in total. The van der Waals surface area contributed by atoms with Gasteiger partial charge in [0, 0.05) is 3170 Å². The van der Waals surface area contributed by atoms with E-state index in [2.05, 4.69) is 0 Å². The first-order valence-corrected chi connectivity index (χ1v) is 0. The fourth-order valence-corrected chi connectivity index (χ4v) is 0. The van der Waals surface area contributed by atoms with Crippen LogP contribution < -0.4 is 0 Å². The van der Waals surface area contributed by atoms with E-state index in [9.17, 15) is 0 Å². The van der Waals surface area contributed by atoms with Gasteiger partial charge in [0.05, 0.1) is 0 Å². The van der Waals surface area contributed by atoms with E-state index in [1.54, 1.807) is 0 Å². The fraction of sp³-hybridized carbons (Fsp3) is 0. The van der Waals surface area contributed by atoms with Crippen molar-refractivity contribution in [3.63, 3.8) is 0 Å². The summed E-state index contributed by atoms with van der Waals surface area (Å²) in [5.41, 5.74) is 0. The second-order valence-corrected chi connectivity index (χ2v) is 0. The van der Waals surface area contributed by atoms with Crippen molar-refractivity contribution in [3.05, 3.63) is 0 Å². The quantitative estimate of drug-likeness (QED) is 0.321. The van der Waals surface area contributed by atoms with E-state index in [-0.39, 0.29) is 3170 Å². The maximum absolute atomic E-state index is 0. The Kier molecular flexibility index (Phi) is 4120. The minimum atomic E-state index is 0. The third-order valence-electron chi connectivity index (χ3n) is 0. The summed E-state index contributed by atoms with van der Waals surface area (Å²) in [6.45, 7) is 0. The first-order valence-electron chi connectivity index (χ1n) is 0. The molecule has 0 atom stereocenters. The summed E-state index contributed by atoms with van der Waals surface area (Å²) in [6.07, 6.45) is 0. The molecule has 0 bridgehead atoms. The normalized spacial score (nSPS) is 0. The van der Waals surface area contributed by atoms with E-state index in [1.807, 2.05) is 0 Å². The van der Waals surface area contributed by atoms with Gasteiger partial charge in [0.1, 0.15) is 0 Å². The van der Waals surface area contributed by atoms with Crippen molar-refractivity contribution in [2.24, 2.45) is 0 Å². The van der Waals surface area contributed by atoms with E-state index in [0.717, 1.165) is 0 Å². The first kappa shape index (κ1) is 586. The molecule has 0 aromatic rings. The molecule has 0 saturated carbocycles. The van der Waals surface area contributed by atoms with Crippen LogP contribution in [0.3, 0.4) is 0 Å². The third kappa shape index (κ3) is 567. The first-order chi connectivity index (χ1) is 0. The van der Waals surface area contributed by atoms with Crippen LogP contribution in [-0.2, 0) is 0 Å². The molecule has 0 heterocycles. The largest absolute Gasteiger partial charge is 0 e. The third-order valence-corrected chi connectivity index (χ3v) is 0. The van der Waals surface area contributed by atoms with Crippen LogP contribution in [0, 0.1) is 3170 Å². The molecule has 0 aliphatic rings. The van der Waals surface area contributed by atoms with Crippen LogP contribution >= 0.6 is 0 Å². The monoisotopic (exact) mass is 13000 g/mol. The number of rotatable bonds is 0. The molecular formula is Tb82. The minimum absolute atomic E-state index is 0. The van der Waals surface area contributed by atoms with Crippen LogP contribution in [-0.4, -0.2) is 0 Å². The van der Waals surface area contributed by atoms with E-state index in [1.165, 1.54) is 0 Å². The summed E-state index contributed by atoms with van der Waals surface area (Å²) in [5, 5.41) is 0. The predicted molar refractivity (Wildman–Crippen MR) is 0 cm³/mol. The van der Waals surface area contributed by atoms with Gasteiger partial charge in [-0.15, -0.1) is 0 Å². The SMILES string of the molecule is [Tb].[Tb].[Tb].[Tb].[Tb].[Tb].[Tb].[Tb].[Tb].[Tb].[Tb].[Tb].[Tb].[Tb].[Tb].[Tb].[Tb].[Tb].[Tb].[Tb].[Tb].[Tb].[Tb].[Tb].[Tb].[Tb].[Tb].[Tb].[Tb].[Tb].[Tb].[Tb].[Tb].[Tb].[Tb].[Tb].[Tb].[Tb].[Tb].[Tb].[Tb].[Tb].[Tb].[Tb].[Tb].[Tb].[Tb].[Tb].[Tb].[Tb].[Tb].[Tb].[Tb].[Tb].[Tb].[Tb].[Tb].[Tb].[Tb].[Tb].[Tb].[Tb].[Tb].[Tb].[Tb].[Tb].[Tb].[Tb].[Tb].[Tb].[Tb].[Tb].[Tb].[Tb].[Tb].[Tb].[Tb].[Tb].[Tb].[Tb].[Tb].[Tb]. The Labute approximate surface area is 3030 Å². The van der Waals surface area contributed by atoms with Gasteiger partial charge in [-0.2, -0.15) is 0 Å². The molecule has 82 heavy (non-hydrogen) atoms. The molecule has 0 aliphatic carbocycles. The Morgan fingerprint density at radius 2 is 0.0122 bits per heavy atom. The van der Waals surface area contributed by atoms with Gasteiger partial charge < -0.3 is 0 Å². The van der Waals surface area contributed by atoms with Gasteiger partial charge in [-0.1, -0.05) is 0 Å². The molecule has 0 aromatic heterocycles. The van der Waals surface area contributed by atoms with Crippen molar-refractivity contribution in [1.82, 2.24) is 0 Å². The average Bonchev–Trinajstić information content (AvgIpc) is 0. The van der Waals surface area contributed by atoms with Crippen LogP contribution in [0.1, 0.15) is 0 Å². The molecule has 82 heteroatoms. The summed E-state index contributed by atoms with van der Waals surface area (Å²) in [6, 6.07) is 0. The second kappa shape index (κ2) is 577. The maximum Gasteiger partial charge on any atom is 0 e. The molecule has 0 saturated heterocycles. The second-order valence-electron chi connectivity index (χ2n) is 0. The van der Waals surface area contributed by atoms with E-state index < -0.39 is 0 Å². The molecule has 0 aromatic carbocycles. The van der Waals surface area contributed by atoms with Crippen LogP contribution in [0.2, 0.25) is 0 Å². The molecule has 0 rings (SSSR count). The smallest absolute Gasteiger partial charge is 0 e. The Hall–Kier alpha value is 105. The molecule has 738 valence electrons. The Balaban J connectivity index is 0. The molecule has 0 fully saturated rings. The van der Waals surface area contributed by atoms with Crippen molar-refractivity contribution >= 4 is 0 Å². The van der Waals surface area contributed by atoms with Crippen molar-refractivity contribution in [1.29, 1.82) is 0 Å². The van der Waals surface area contributed by atoms with E-state index in [4.69, 9.17) is 0 Å². The maximum atomic E-state index is 0. The van der Waals surface area contributed by atoms with Crippen LogP contribution in [0.4, 0.5) is 0 Å². The van der Waals surface area contributed by atoms with Gasteiger partial charge in [-0.25, -0.2) is 0 Å². The van der Waals surface area contributed by atoms with E-state index >= 15 is 0 Å². The Morgan fingerprint density at radius 1 is 0.0122 bits per heavy atom. The van der Waals surface area contributed by atoms with Gasteiger partial charge in [0.25, 0.3) is 0 Å². The summed E-state index contributed by atoms with van der Waals surface area (Å²) < 4.78 is 0. The Morgan fingerprint density at radius 3 is 0.0122 bits per heavy atom. The van der Waals surface area contributed by atoms with Crippen LogP contribution in [0.15, 0.2) is 0 Å². The van der Waals surface area contributed by atoms with Crippen LogP contribution in [0.5, 0.6) is 0 Å². The fourth-order valence-electron chi connectivity index (χ4n) is 0. The topological polar surface area (TPSA) is 0 Å². The zero-order valence-electron chi connectivity index (χ0n) is 27.3. The van der Waals surface area contributed by atoms with Crippen molar-refractivity contribution in [3.8, 4) is 0 Å². The van der Waals surface area contributed by atoms with Crippen LogP contribution in [0.25, 0.3) is 0 Å². The molecule has 0 spiro atoms. The zero-order valence-corrected chi connectivity index (χ0v) is 203. The number of hydrogen-bond donors (Lipinski definition) is 0. The van der Waals surface area contributed by atoms with Gasteiger partial charge in [-0.3, -0.25) is 0 Å². The molecule has 0 aliphatic heterocycles. The Bertz CT molecular complexity index is 0. The predicted octanol–water partition coefficient (Wildman–Crippen LogP) is 0. The summed E-state index contributed by atoms with van der Waals surface area (Å²) in [7, 11) is 0. The molecule has 82 radical (unpaired) electrons. The molecule has 0 amide bonds. The average molecular weight is 13000 g/mol. The molecular weight excluding hydrogens is 13000 g/mol. The molecule has 0 nitrogen and oxygen atoms in total. The van der Waals surface area contributed by atoms with E-state index in [0.29, 0.717) is 0 Å². The zero-order chi connectivity index (χ0) is 0. The van der Waals surface area contributed by atoms with Crippen molar-refractivity contribution in [2.75, 3.05) is 0 Å². The minimum Gasteiger partial charge on any atom is 0 e. The molecule has 0 unspecified atom stereocenters. The summed E-state index contributed by atoms with van der Waals surface area (Å²) >= 11 is 0. The number of hydrogen-bond acceptors (Lipinski definition) is 0. The van der Waals surface area contributed by atoms with Gasteiger partial charge >= 0.3 is 0 Å². The van der Waals surface area contributed by atoms with Crippen molar-refractivity contribution in [2.45, 2.75) is 0 Å². The van der Waals surface area contributed by atoms with Crippen molar-refractivity contribution < 1.29 is 3170 Å². The standard InChI is InChI=1S/82Tb. The van der Waals surface area contributed by atoms with Gasteiger partial charge in [0.2, 0.25) is 0 Å². The van der Waals surface area contributed by atoms with Gasteiger partial charge in [-0.05, 0) is 0 Å².